The first-order valence-electron chi connectivity index (χ1n) is 6.26. The fraction of sp³-hybridized carbons (Fsp3) is 0.0667. The van der Waals surface area contributed by atoms with Crippen molar-refractivity contribution in [2.45, 2.75) is 5.54 Å². The molecule has 4 nitrogen and oxygen atoms in total. The molecule has 0 saturated carbocycles. The van der Waals surface area contributed by atoms with Crippen LogP contribution in [0.25, 0.3) is 11.1 Å². The summed E-state index contributed by atoms with van der Waals surface area (Å²) in [6, 6.07) is 7.18. The third-order valence-electron chi connectivity index (χ3n) is 3.93. The van der Waals surface area contributed by atoms with Gasteiger partial charge in [0.25, 0.3) is 5.91 Å². The van der Waals surface area contributed by atoms with Crippen LogP contribution < -0.4 is 10.6 Å². The number of rotatable bonds is 0. The maximum absolute atomic E-state index is 13.6. The first kappa shape index (κ1) is 12.0. The number of hydrogen-bond acceptors (Lipinski definition) is 2. The van der Waals surface area contributed by atoms with E-state index in [1.807, 2.05) is 0 Å². The average Bonchev–Trinajstić information content (AvgIpc) is 2.87. The highest BCUT2D eigenvalue weighted by atomic mass is 19.1. The fourth-order valence-electron chi connectivity index (χ4n) is 3.11. The summed E-state index contributed by atoms with van der Waals surface area (Å²) in [6.45, 7) is 0. The number of halogens is 2. The molecule has 104 valence electrons. The van der Waals surface area contributed by atoms with Gasteiger partial charge >= 0.3 is 6.03 Å². The van der Waals surface area contributed by atoms with Crippen molar-refractivity contribution in [1.82, 2.24) is 10.6 Å². The molecule has 1 saturated heterocycles. The van der Waals surface area contributed by atoms with Crippen molar-refractivity contribution in [2.75, 3.05) is 0 Å². The van der Waals surface area contributed by atoms with Crippen LogP contribution in [0.3, 0.4) is 0 Å². The maximum atomic E-state index is 13.6. The first-order chi connectivity index (χ1) is 10.0. The predicted molar refractivity (Wildman–Crippen MR) is 69.2 cm³/mol. The first-order valence-corrected chi connectivity index (χ1v) is 6.26. The minimum atomic E-state index is -1.49. The lowest BCUT2D eigenvalue weighted by Crippen LogP contribution is -2.43. The van der Waals surface area contributed by atoms with Crippen molar-refractivity contribution in [1.29, 1.82) is 0 Å². The third kappa shape index (κ3) is 1.36. The molecule has 6 heteroatoms. The molecule has 2 aromatic carbocycles. The Kier molecular flexibility index (Phi) is 2.10. The van der Waals surface area contributed by atoms with Crippen molar-refractivity contribution in [2.24, 2.45) is 0 Å². The van der Waals surface area contributed by atoms with Crippen LogP contribution >= 0.6 is 0 Å². The Balaban J connectivity index is 2.12. The molecule has 4 rings (SSSR count). The molecule has 0 radical (unpaired) electrons. The summed E-state index contributed by atoms with van der Waals surface area (Å²) in [7, 11) is 0. The van der Waals surface area contributed by atoms with E-state index in [0.29, 0.717) is 22.3 Å². The molecule has 21 heavy (non-hydrogen) atoms. The largest absolute Gasteiger partial charge is 0.322 e. The lowest BCUT2D eigenvalue weighted by atomic mass is 9.87. The number of fused-ring (bicyclic) bond motifs is 5. The molecule has 3 amide bonds. The zero-order chi connectivity index (χ0) is 14.8. The number of carbonyl (C=O) groups is 2. The number of nitrogens with one attached hydrogen (secondary N) is 2. The summed E-state index contributed by atoms with van der Waals surface area (Å²) in [4.78, 5) is 23.9. The van der Waals surface area contributed by atoms with Crippen LogP contribution in [0.5, 0.6) is 0 Å². The van der Waals surface area contributed by atoms with Gasteiger partial charge in [0, 0.05) is 5.56 Å². The van der Waals surface area contributed by atoms with Gasteiger partial charge in [-0.1, -0.05) is 12.1 Å². The van der Waals surface area contributed by atoms with Gasteiger partial charge in [-0.3, -0.25) is 10.1 Å². The number of benzene rings is 2. The Bertz CT molecular complexity index is 834. The Morgan fingerprint density at radius 2 is 1.57 bits per heavy atom. The second-order valence-electron chi connectivity index (χ2n) is 5.04. The minimum absolute atomic E-state index is 0.312. The highest BCUT2D eigenvalue weighted by Gasteiger charge is 2.55. The molecule has 0 bridgehead atoms. The Labute approximate surface area is 117 Å². The van der Waals surface area contributed by atoms with Crippen LogP contribution in [0.2, 0.25) is 0 Å². The van der Waals surface area contributed by atoms with E-state index >= 15 is 0 Å². The summed E-state index contributed by atoms with van der Waals surface area (Å²) in [6.07, 6.45) is 0. The monoisotopic (exact) mass is 286 g/mol. The quantitative estimate of drug-likeness (QED) is 0.728. The van der Waals surface area contributed by atoms with Gasteiger partial charge in [0.05, 0.1) is 0 Å². The predicted octanol–water partition coefficient (Wildman–Crippen LogP) is 2.03. The number of hydrogen-bond donors (Lipinski definition) is 2. The zero-order valence-corrected chi connectivity index (χ0v) is 10.5. The zero-order valence-electron chi connectivity index (χ0n) is 10.5. The number of urea groups is 1. The van der Waals surface area contributed by atoms with Crippen molar-refractivity contribution in [3.8, 4) is 11.1 Å². The molecule has 1 heterocycles. The van der Waals surface area contributed by atoms with Gasteiger partial charge in [-0.05, 0) is 41.0 Å². The molecule has 2 aliphatic rings. The van der Waals surface area contributed by atoms with E-state index in [4.69, 9.17) is 0 Å². The number of amides is 3. The van der Waals surface area contributed by atoms with Crippen molar-refractivity contribution in [3.63, 3.8) is 0 Å². The van der Waals surface area contributed by atoms with E-state index < -0.39 is 29.1 Å². The van der Waals surface area contributed by atoms with Crippen LogP contribution in [0.4, 0.5) is 13.6 Å². The number of carbonyl (C=O) groups excluding carboxylic acids is 2. The summed E-state index contributed by atoms with van der Waals surface area (Å²) in [5.41, 5.74) is 0.266. The molecule has 1 fully saturated rings. The van der Waals surface area contributed by atoms with E-state index in [9.17, 15) is 18.4 Å². The summed E-state index contributed by atoms with van der Waals surface area (Å²) < 4.78 is 27.1. The van der Waals surface area contributed by atoms with Crippen LogP contribution in [0, 0.1) is 11.6 Å². The van der Waals surface area contributed by atoms with Gasteiger partial charge in [-0.25, -0.2) is 13.6 Å². The van der Waals surface area contributed by atoms with E-state index in [-0.39, 0.29) is 0 Å². The fourth-order valence-corrected chi connectivity index (χ4v) is 3.11. The maximum Gasteiger partial charge on any atom is 0.322 e. The Morgan fingerprint density at radius 3 is 2.29 bits per heavy atom. The molecule has 2 N–H and O–H groups in total. The highest BCUT2D eigenvalue weighted by molar-refractivity contribution is 6.13. The SMILES string of the molecule is O=C1NC(=O)C2(N1)c1ccc(F)cc1-c1ccc(F)cc12. The molecular formula is C15H8F2N2O2. The average molecular weight is 286 g/mol. The molecule has 1 aliphatic carbocycles. The minimum Gasteiger partial charge on any atom is -0.316 e. The standard InChI is InChI=1S/C15H8F2N2O2/c16-7-2-4-11-10(5-7)9-3-1-8(17)6-12(9)15(11)13(20)18-14(21)19-15/h1-6H,(H2,18,19,20,21). The Hall–Kier alpha value is -2.76. The molecule has 1 unspecified atom stereocenters. The molecular weight excluding hydrogens is 278 g/mol. The van der Waals surface area contributed by atoms with Gasteiger partial charge in [0.1, 0.15) is 11.6 Å². The molecule has 0 aromatic heterocycles. The second kappa shape index (κ2) is 3.66. The van der Waals surface area contributed by atoms with E-state index in [2.05, 4.69) is 10.6 Å². The van der Waals surface area contributed by atoms with E-state index in [1.54, 1.807) is 0 Å². The molecule has 1 aliphatic heterocycles. The molecule has 2 aromatic rings. The summed E-state index contributed by atoms with van der Waals surface area (Å²) >= 11 is 0. The normalized spacial score (nSPS) is 22.0. The van der Waals surface area contributed by atoms with Crippen LogP contribution in [0.15, 0.2) is 36.4 Å². The Morgan fingerprint density at radius 1 is 0.857 bits per heavy atom. The lowest BCUT2D eigenvalue weighted by molar-refractivity contribution is -0.122. The summed E-state index contributed by atoms with van der Waals surface area (Å²) in [5, 5.41) is 4.71. The van der Waals surface area contributed by atoms with E-state index in [0.717, 1.165) is 0 Å². The van der Waals surface area contributed by atoms with Crippen molar-refractivity contribution in [3.05, 3.63) is 59.2 Å². The van der Waals surface area contributed by atoms with Crippen LogP contribution in [-0.4, -0.2) is 11.9 Å². The molecule has 1 atom stereocenters. The highest BCUT2D eigenvalue weighted by Crippen LogP contribution is 2.49. The van der Waals surface area contributed by atoms with Crippen molar-refractivity contribution >= 4 is 11.9 Å². The third-order valence-corrected chi connectivity index (χ3v) is 3.93. The van der Waals surface area contributed by atoms with E-state index in [1.165, 1.54) is 36.4 Å². The molecule has 1 spiro atoms. The second-order valence-corrected chi connectivity index (χ2v) is 5.04. The lowest BCUT2D eigenvalue weighted by Gasteiger charge is -2.23. The van der Waals surface area contributed by atoms with Crippen LogP contribution in [0.1, 0.15) is 11.1 Å². The van der Waals surface area contributed by atoms with Crippen molar-refractivity contribution < 1.29 is 18.4 Å². The summed E-state index contributed by atoms with van der Waals surface area (Å²) in [5.74, 6) is -1.59. The van der Waals surface area contributed by atoms with Gasteiger partial charge in [0.15, 0.2) is 5.54 Å². The van der Waals surface area contributed by atoms with Gasteiger partial charge in [-0.15, -0.1) is 0 Å². The van der Waals surface area contributed by atoms with Gasteiger partial charge < -0.3 is 5.32 Å². The number of imide groups is 1. The van der Waals surface area contributed by atoms with Crippen LogP contribution in [-0.2, 0) is 10.3 Å². The van der Waals surface area contributed by atoms with Gasteiger partial charge in [-0.2, -0.15) is 0 Å². The topological polar surface area (TPSA) is 58.2 Å². The van der Waals surface area contributed by atoms with Gasteiger partial charge in [0.2, 0.25) is 0 Å². The smallest absolute Gasteiger partial charge is 0.316 e.